The summed E-state index contributed by atoms with van der Waals surface area (Å²) in [7, 11) is -3.47. The zero-order chi connectivity index (χ0) is 20.0. The van der Waals surface area contributed by atoms with E-state index in [0.29, 0.717) is 23.7 Å². The van der Waals surface area contributed by atoms with Crippen LogP contribution in [0.3, 0.4) is 0 Å². The molecule has 2 aromatic carbocycles. The number of aryl methyl sites for hydroxylation is 2. The molecule has 0 aromatic heterocycles. The summed E-state index contributed by atoms with van der Waals surface area (Å²) in [5, 5.41) is 3.36. The van der Waals surface area contributed by atoms with Crippen LogP contribution in [0.4, 0.5) is 5.69 Å². The fourth-order valence-electron chi connectivity index (χ4n) is 2.79. The number of carbonyl (C=O) groups excluding carboxylic acids is 1. The summed E-state index contributed by atoms with van der Waals surface area (Å²) in [5.74, 6) is -0.102. The standard InChI is InChI=1S/C20H25ClN2O3S/c1-15-7-4-5-8-17(15)14-22-20(24)9-6-12-23(27(3,25)26)19-13-18(21)11-10-16(19)2/h4-5,7-8,10-11,13H,6,9,12,14H2,1-3H3,(H,22,24). The maximum absolute atomic E-state index is 12.2. The maximum Gasteiger partial charge on any atom is 0.232 e. The normalized spacial score (nSPS) is 11.3. The fraction of sp³-hybridized carbons (Fsp3) is 0.350. The van der Waals surface area contributed by atoms with Crippen molar-refractivity contribution < 1.29 is 13.2 Å². The van der Waals surface area contributed by atoms with E-state index in [1.165, 1.54) is 4.31 Å². The van der Waals surface area contributed by atoms with Gasteiger partial charge in [0.05, 0.1) is 11.9 Å². The molecule has 7 heteroatoms. The number of carbonyl (C=O) groups is 1. The number of benzene rings is 2. The summed E-state index contributed by atoms with van der Waals surface area (Å²) in [6.45, 7) is 4.52. The smallest absolute Gasteiger partial charge is 0.232 e. The van der Waals surface area contributed by atoms with Gasteiger partial charge in [0.2, 0.25) is 15.9 Å². The Morgan fingerprint density at radius 1 is 1.11 bits per heavy atom. The zero-order valence-electron chi connectivity index (χ0n) is 15.8. The highest BCUT2D eigenvalue weighted by atomic mass is 35.5. The minimum atomic E-state index is -3.47. The van der Waals surface area contributed by atoms with Crippen LogP contribution in [0.2, 0.25) is 5.02 Å². The van der Waals surface area contributed by atoms with Gasteiger partial charge in [-0.25, -0.2) is 8.42 Å². The van der Waals surface area contributed by atoms with Crippen LogP contribution in [0.5, 0.6) is 0 Å². The van der Waals surface area contributed by atoms with Crippen molar-refractivity contribution in [3.8, 4) is 0 Å². The number of rotatable bonds is 8. The predicted molar refractivity (Wildman–Crippen MR) is 111 cm³/mol. The van der Waals surface area contributed by atoms with Crippen molar-refractivity contribution in [3.05, 3.63) is 64.2 Å². The molecule has 5 nitrogen and oxygen atoms in total. The minimum absolute atomic E-state index is 0.102. The Labute approximate surface area is 166 Å². The summed E-state index contributed by atoms with van der Waals surface area (Å²) >= 11 is 6.02. The van der Waals surface area contributed by atoms with Gasteiger partial charge in [-0.05, 0) is 49.1 Å². The van der Waals surface area contributed by atoms with Crippen molar-refractivity contribution in [1.82, 2.24) is 5.32 Å². The van der Waals surface area contributed by atoms with Crippen molar-refractivity contribution >= 4 is 33.2 Å². The molecule has 1 amide bonds. The lowest BCUT2D eigenvalue weighted by molar-refractivity contribution is -0.121. The second-order valence-electron chi connectivity index (χ2n) is 6.57. The third-order valence-electron chi connectivity index (χ3n) is 4.34. The molecule has 2 aromatic rings. The van der Waals surface area contributed by atoms with Gasteiger partial charge >= 0.3 is 0 Å². The van der Waals surface area contributed by atoms with E-state index in [1.54, 1.807) is 18.2 Å². The van der Waals surface area contributed by atoms with E-state index in [1.807, 2.05) is 38.1 Å². The Bertz CT molecular complexity index is 913. The third kappa shape index (κ3) is 6.26. The molecular formula is C20H25ClN2O3S. The first-order valence-corrected chi connectivity index (χ1v) is 11.0. The second-order valence-corrected chi connectivity index (χ2v) is 8.92. The molecule has 0 aliphatic heterocycles. The zero-order valence-corrected chi connectivity index (χ0v) is 17.4. The van der Waals surface area contributed by atoms with E-state index >= 15 is 0 Å². The molecular weight excluding hydrogens is 384 g/mol. The van der Waals surface area contributed by atoms with Crippen molar-refractivity contribution in [2.24, 2.45) is 0 Å². The number of hydrogen-bond donors (Lipinski definition) is 1. The van der Waals surface area contributed by atoms with Crippen LogP contribution in [0.1, 0.15) is 29.5 Å². The second kappa shape index (κ2) is 9.24. The van der Waals surface area contributed by atoms with Crippen molar-refractivity contribution in [3.63, 3.8) is 0 Å². The van der Waals surface area contributed by atoms with Gasteiger partial charge in [-0.3, -0.25) is 9.10 Å². The highest BCUT2D eigenvalue weighted by Gasteiger charge is 2.19. The van der Waals surface area contributed by atoms with Crippen LogP contribution in [0, 0.1) is 13.8 Å². The Morgan fingerprint density at radius 3 is 2.48 bits per heavy atom. The summed E-state index contributed by atoms with van der Waals surface area (Å²) in [4.78, 5) is 12.1. The summed E-state index contributed by atoms with van der Waals surface area (Å²) in [6, 6.07) is 13.0. The molecule has 0 fully saturated rings. The van der Waals surface area contributed by atoms with Gasteiger partial charge in [-0.15, -0.1) is 0 Å². The molecule has 0 radical (unpaired) electrons. The molecule has 0 unspecified atom stereocenters. The number of nitrogens with zero attached hydrogens (tertiary/aromatic N) is 1. The van der Waals surface area contributed by atoms with Crippen LogP contribution in [-0.4, -0.2) is 27.1 Å². The molecule has 0 saturated heterocycles. The van der Waals surface area contributed by atoms with Gasteiger partial charge < -0.3 is 5.32 Å². The van der Waals surface area contributed by atoms with Crippen LogP contribution in [-0.2, 0) is 21.4 Å². The molecule has 0 saturated carbocycles. The van der Waals surface area contributed by atoms with E-state index in [4.69, 9.17) is 11.6 Å². The Balaban J connectivity index is 1.95. The van der Waals surface area contributed by atoms with Gasteiger partial charge in [0.1, 0.15) is 0 Å². The molecule has 0 heterocycles. The number of sulfonamides is 1. The van der Waals surface area contributed by atoms with Crippen molar-refractivity contribution in [2.75, 3.05) is 17.1 Å². The Morgan fingerprint density at radius 2 is 1.81 bits per heavy atom. The summed E-state index contributed by atoms with van der Waals surface area (Å²) in [5.41, 5.74) is 3.55. The highest BCUT2D eigenvalue weighted by Crippen LogP contribution is 2.26. The van der Waals surface area contributed by atoms with E-state index in [0.717, 1.165) is 22.9 Å². The molecule has 146 valence electrons. The van der Waals surface area contributed by atoms with Crippen LogP contribution >= 0.6 is 11.6 Å². The number of nitrogens with one attached hydrogen (secondary N) is 1. The van der Waals surface area contributed by atoms with E-state index in [2.05, 4.69) is 5.32 Å². The number of hydrogen-bond acceptors (Lipinski definition) is 3. The van der Waals surface area contributed by atoms with E-state index in [-0.39, 0.29) is 18.9 Å². The average Bonchev–Trinajstić information content (AvgIpc) is 2.59. The van der Waals surface area contributed by atoms with E-state index in [9.17, 15) is 13.2 Å². The minimum Gasteiger partial charge on any atom is -0.352 e. The van der Waals surface area contributed by atoms with Gasteiger partial charge in [-0.2, -0.15) is 0 Å². The monoisotopic (exact) mass is 408 g/mol. The van der Waals surface area contributed by atoms with E-state index < -0.39 is 10.0 Å². The van der Waals surface area contributed by atoms with Gasteiger partial charge in [0.15, 0.2) is 0 Å². The van der Waals surface area contributed by atoms with Gasteiger partial charge in [0, 0.05) is 24.5 Å². The highest BCUT2D eigenvalue weighted by molar-refractivity contribution is 7.92. The quantitative estimate of drug-likeness (QED) is 0.722. The first-order valence-electron chi connectivity index (χ1n) is 8.73. The lowest BCUT2D eigenvalue weighted by Gasteiger charge is -2.24. The lowest BCUT2D eigenvalue weighted by Crippen LogP contribution is -2.32. The first kappa shape index (κ1) is 21.3. The topological polar surface area (TPSA) is 66.5 Å². The molecule has 2 rings (SSSR count). The Kier molecular flexibility index (Phi) is 7.27. The Hall–Kier alpha value is -2.05. The first-order chi connectivity index (χ1) is 12.7. The maximum atomic E-state index is 12.2. The fourth-order valence-corrected chi connectivity index (χ4v) is 3.97. The largest absolute Gasteiger partial charge is 0.352 e. The molecule has 27 heavy (non-hydrogen) atoms. The summed E-state index contributed by atoms with van der Waals surface area (Å²) < 4.78 is 25.7. The van der Waals surface area contributed by atoms with Gasteiger partial charge in [-0.1, -0.05) is 41.9 Å². The molecule has 0 atom stereocenters. The van der Waals surface area contributed by atoms with Crippen LogP contribution in [0.15, 0.2) is 42.5 Å². The molecule has 0 bridgehead atoms. The van der Waals surface area contributed by atoms with Crippen molar-refractivity contribution in [2.45, 2.75) is 33.2 Å². The van der Waals surface area contributed by atoms with Crippen LogP contribution in [0.25, 0.3) is 0 Å². The average molecular weight is 409 g/mol. The van der Waals surface area contributed by atoms with Crippen LogP contribution < -0.4 is 9.62 Å². The predicted octanol–water partition coefficient (Wildman–Crippen LogP) is 3.82. The molecule has 1 N–H and O–H groups in total. The molecule has 0 aliphatic rings. The number of amides is 1. The molecule has 0 aliphatic carbocycles. The third-order valence-corrected chi connectivity index (χ3v) is 5.76. The van der Waals surface area contributed by atoms with Gasteiger partial charge in [0.25, 0.3) is 0 Å². The SMILES string of the molecule is Cc1ccccc1CNC(=O)CCCN(c1cc(Cl)ccc1C)S(C)(=O)=O. The van der Waals surface area contributed by atoms with Crippen molar-refractivity contribution in [1.29, 1.82) is 0 Å². The number of anilines is 1. The number of halogens is 1. The summed E-state index contributed by atoms with van der Waals surface area (Å²) in [6.07, 6.45) is 1.82. The lowest BCUT2D eigenvalue weighted by atomic mass is 10.1. The molecule has 0 spiro atoms.